The molecule has 4 nitrogen and oxygen atoms in total. The first kappa shape index (κ1) is 26.8. The lowest BCUT2D eigenvalue weighted by atomic mass is 10.0. The molecule has 184 valence electrons. The average Bonchev–Trinajstić information content (AvgIpc) is 2.88. The van der Waals surface area contributed by atoms with Gasteiger partial charge in [-0.3, -0.25) is 9.59 Å². The Labute approximate surface area is 218 Å². The predicted octanol–water partition coefficient (Wildman–Crippen LogP) is 6.13. The van der Waals surface area contributed by atoms with Crippen LogP contribution in [0.25, 0.3) is 0 Å². The van der Waals surface area contributed by atoms with Gasteiger partial charge in [-0.2, -0.15) is 11.8 Å². The van der Waals surface area contributed by atoms with Gasteiger partial charge in [0.05, 0.1) is 0 Å². The first-order chi connectivity index (χ1) is 17.1. The highest BCUT2D eigenvalue weighted by atomic mass is 35.5. The maximum Gasteiger partial charge on any atom is 0.243 e. The number of nitrogens with zero attached hydrogens (tertiary/aromatic N) is 1. The Bertz CT molecular complexity index is 1060. The second kappa shape index (κ2) is 14.6. The quantitative estimate of drug-likeness (QED) is 0.282. The molecule has 0 spiro atoms. The minimum Gasteiger partial charge on any atom is -0.354 e. The van der Waals surface area contributed by atoms with Crippen LogP contribution >= 0.6 is 23.4 Å². The molecule has 2 amide bonds. The van der Waals surface area contributed by atoms with E-state index in [9.17, 15) is 9.59 Å². The zero-order valence-corrected chi connectivity index (χ0v) is 21.7. The van der Waals surface area contributed by atoms with E-state index in [-0.39, 0.29) is 11.8 Å². The van der Waals surface area contributed by atoms with Crippen molar-refractivity contribution in [3.63, 3.8) is 0 Å². The molecule has 0 unspecified atom stereocenters. The molecule has 1 N–H and O–H groups in total. The van der Waals surface area contributed by atoms with E-state index in [1.54, 1.807) is 16.7 Å². The first-order valence-corrected chi connectivity index (χ1v) is 13.6. The van der Waals surface area contributed by atoms with Crippen LogP contribution < -0.4 is 5.32 Å². The summed E-state index contributed by atoms with van der Waals surface area (Å²) in [5.74, 6) is 1.39. The zero-order chi connectivity index (χ0) is 24.9. The molecule has 0 fully saturated rings. The molecule has 0 aliphatic heterocycles. The van der Waals surface area contributed by atoms with E-state index >= 15 is 0 Å². The summed E-state index contributed by atoms with van der Waals surface area (Å²) in [5, 5.41) is 3.62. The monoisotopic (exact) mass is 508 g/mol. The molecule has 3 aromatic rings. The molecule has 3 aromatic carbocycles. The lowest BCUT2D eigenvalue weighted by Crippen LogP contribution is -2.50. The fourth-order valence-electron chi connectivity index (χ4n) is 3.82. The number of thioether (sulfide) groups is 1. The molecule has 0 heterocycles. The minimum absolute atomic E-state index is 0.0295. The molecule has 0 saturated heterocycles. The number of amides is 2. The van der Waals surface area contributed by atoms with Crippen molar-refractivity contribution in [2.24, 2.45) is 0 Å². The average molecular weight is 509 g/mol. The van der Waals surface area contributed by atoms with E-state index in [4.69, 9.17) is 11.6 Å². The van der Waals surface area contributed by atoms with Gasteiger partial charge in [0.1, 0.15) is 6.04 Å². The van der Waals surface area contributed by atoms with Crippen LogP contribution in [0.4, 0.5) is 0 Å². The standard InChI is InChI=1S/C29H33ClN2O2S/c1-2-17-31-29(34)27(20-23-10-5-3-6-11-23)32(21-25-14-9-15-26(30)19-25)28(33)16-18-35-22-24-12-7-4-8-13-24/h3-15,19,27H,2,16-18,20-22H2,1H3,(H,31,34)/t27-/m0/s1. The van der Waals surface area contributed by atoms with Gasteiger partial charge in [0.2, 0.25) is 11.8 Å². The van der Waals surface area contributed by atoms with Gasteiger partial charge >= 0.3 is 0 Å². The van der Waals surface area contributed by atoms with Crippen LogP contribution in [0, 0.1) is 0 Å². The van der Waals surface area contributed by atoms with Crippen molar-refractivity contribution >= 4 is 35.2 Å². The van der Waals surface area contributed by atoms with Crippen LogP contribution in [-0.2, 0) is 28.3 Å². The van der Waals surface area contributed by atoms with E-state index < -0.39 is 6.04 Å². The van der Waals surface area contributed by atoms with Crippen LogP contribution in [0.3, 0.4) is 0 Å². The Hall–Kier alpha value is -2.76. The number of halogens is 1. The van der Waals surface area contributed by atoms with Crippen LogP contribution in [0.15, 0.2) is 84.9 Å². The van der Waals surface area contributed by atoms with Crippen molar-refractivity contribution in [2.45, 2.75) is 44.5 Å². The summed E-state index contributed by atoms with van der Waals surface area (Å²) < 4.78 is 0. The number of hydrogen-bond acceptors (Lipinski definition) is 3. The van der Waals surface area contributed by atoms with E-state index in [1.807, 2.05) is 79.7 Å². The SMILES string of the molecule is CCCNC(=O)[C@H](Cc1ccccc1)N(Cc1cccc(Cl)c1)C(=O)CCSCc1ccccc1. The first-order valence-electron chi connectivity index (χ1n) is 12.0. The van der Waals surface area contributed by atoms with Gasteiger partial charge in [0.25, 0.3) is 0 Å². The van der Waals surface area contributed by atoms with Gasteiger partial charge in [-0.15, -0.1) is 0 Å². The molecular weight excluding hydrogens is 476 g/mol. The van der Waals surface area contributed by atoms with E-state index in [1.165, 1.54) is 5.56 Å². The summed E-state index contributed by atoms with van der Waals surface area (Å²) in [6.07, 6.45) is 1.66. The second-order valence-corrected chi connectivity index (χ2v) is 9.98. The van der Waals surface area contributed by atoms with Gasteiger partial charge < -0.3 is 10.2 Å². The van der Waals surface area contributed by atoms with Crippen molar-refractivity contribution in [3.8, 4) is 0 Å². The Morgan fingerprint density at radius 3 is 2.23 bits per heavy atom. The smallest absolute Gasteiger partial charge is 0.243 e. The van der Waals surface area contributed by atoms with E-state index in [0.29, 0.717) is 36.7 Å². The third kappa shape index (κ3) is 9.08. The molecule has 6 heteroatoms. The van der Waals surface area contributed by atoms with Crippen LogP contribution in [0.5, 0.6) is 0 Å². The highest BCUT2D eigenvalue weighted by Gasteiger charge is 2.30. The van der Waals surface area contributed by atoms with Gasteiger partial charge in [-0.05, 0) is 35.2 Å². The molecule has 0 radical (unpaired) electrons. The fraction of sp³-hybridized carbons (Fsp3) is 0.310. The summed E-state index contributed by atoms with van der Waals surface area (Å²) in [7, 11) is 0. The predicted molar refractivity (Wildman–Crippen MR) is 146 cm³/mol. The lowest BCUT2D eigenvalue weighted by Gasteiger charge is -2.31. The van der Waals surface area contributed by atoms with Crippen molar-refractivity contribution < 1.29 is 9.59 Å². The molecule has 3 rings (SSSR count). The van der Waals surface area contributed by atoms with E-state index in [2.05, 4.69) is 17.4 Å². The molecule has 0 aliphatic carbocycles. The Morgan fingerprint density at radius 2 is 1.57 bits per heavy atom. The van der Waals surface area contributed by atoms with Gasteiger partial charge in [-0.25, -0.2) is 0 Å². The van der Waals surface area contributed by atoms with Gasteiger partial charge in [-0.1, -0.05) is 91.3 Å². The van der Waals surface area contributed by atoms with Crippen molar-refractivity contribution in [1.29, 1.82) is 0 Å². The Kier molecular flexibility index (Phi) is 11.2. The summed E-state index contributed by atoms with van der Waals surface area (Å²) >= 11 is 7.95. The summed E-state index contributed by atoms with van der Waals surface area (Å²) in [4.78, 5) is 28.6. The third-order valence-electron chi connectivity index (χ3n) is 5.63. The molecular formula is C29H33ClN2O2S. The minimum atomic E-state index is -0.602. The Morgan fingerprint density at radius 1 is 0.914 bits per heavy atom. The Balaban J connectivity index is 1.78. The molecule has 0 saturated carbocycles. The fourth-order valence-corrected chi connectivity index (χ4v) is 4.92. The molecule has 35 heavy (non-hydrogen) atoms. The van der Waals surface area contributed by atoms with Crippen molar-refractivity contribution in [2.75, 3.05) is 12.3 Å². The van der Waals surface area contributed by atoms with E-state index in [0.717, 1.165) is 23.3 Å². The number of carbonyl (C=O) groups excluding carboxylic acids is 2. The lowest BCUT2D eigenvalue weighted by molar-refractivity contribution is -0.141. The molecule has 0 aromatic heterocycles. The zero-order valence-electron chi connectivity index (χ0n) is 20.2. The topological polar surface area (TPSA) is 49.4 Å². The summed E-state index contributed by atoms with van der Waals surface area (Å²) in [6.45, 7) is 2.93. The van der Waals surface area contributed by atoms with Crippen molar-refractivity contribution in [3.05, 3.63) is 107 Å². The number of nitrogens with one attached hydrogen (secondary N) is 1. The largest absolute Gasteiger partial charge is 0.354 e. The summed E-state index contributed by atoms with van der Waals surface area (Å²) in [5.41, 5.74) is 3.16. The van der Waals surface area contributed by atoms with Gasteiger partial charge in [0.15, 0.2) is 0 Å². The maximum absolute atomic E-state index is 13.6. The van der Waals surface area contributed by atoms with Crippen molar-refractivity contribution in [1.82, 2.24) is 10.2 Å². The van der Waals surface area contributed by atoms with Crippen LogP contribution in [0.2, 0.25) is 5.02 Å². The second-order valence-electron chi connectivity index (χ2n) is 8.44. The normalized spacial score (nSPS) is 11.6. The van der Waals surface area contributed by atoms with Crippen LogP contribution in [0.1, 0.15) is 36.5 Å². The third-order valence-corrected chi connectivity index (χ3v) is 6.90. The number of rotatable bonds is 13. The number of hydrogen-bond donors (Lipinski definition) is 1. The summed E-state index contributed by atoms with van der Waals surface area (Å²) in [6, 6.07) is 27.0. The number of carbonyl (C=O) groups is 2. The number of benzene rings is 3. The molecule has 0 aliphatic rings. The molecule has 0 bridgehead atoms. The highest BCUT2D eigenvalue weighted by Crippen LogP contribution is 2.20. The molecule has 1 atom stereocenters. The van der Waals surface area contributed by atoms with Gasteiger partial charge in [0, 0.05) is 42.5 Å². The maximum atomic E-state index is 13.6. The van der Waals surface area contributed by atoms with Crippen LogP contribution in [-0.4, -0.2) is 35.1 Å². The highest BCUT2D eigenvalue weighted by molar-refractivity contribution is 7.98.